The summed E-state index contributed by atoms with van der Waals surface area (Å²) < 4.78 is 7.25. The zero-order valence-corrected chi connectivity index (χ0v) is 12.0. The molecule has 1 aliphatic rings. The van der Waals surface area contributed by atoms with E-state index in [1.165, 1.54) is 29.3 Å². The molecule has 4 rings (SSSR count). The second kappa shape index (κ2) is 5.00. The van der Waals surface area contributed by atoms with E-state index in [1.807, 2.05) is 6.92 Å². The van der Waals surface area contributed by atoms with Crippen LogP contribution in [0.15, 0.2) is 35.0 Å². The van der Waals surface area contributed by atoms with Crippen molar-refractivity contribution in [3.63, 3.8) is 0 Å². The molecule has 1 fully saturated rings. The van der Waals surface area contributed by atoms with Gasteiger partial charge in [-0.3, -0.25) is 0 Å². The number of fused-ring (bicyclic) bond motifs is 1. The van der Waals surface area contributed by atoms with Gasteiger partial charge < -0.3 is 14.4 Å². The van der Waals surface area contributed by atoms with E-state index in [-0.39, 0.29) is 0 Å². The molecule has 0 amide bonds. The number of aromatic nitrogens is 3. The Morgan fingerprint density at radius 3 is 2.95 bits per heavy atom. The molecule has 0 aliphatic heterocycles. The lowest BCUT2D eigenvalue weighted by atomic mass is 10.2. The highest BCUT2D eigenvalue weighted by Gasteiger charge is 2.21. The summed E-state index contributed by atoms with van der Waals surface area (Å²) in [5.41, 5.74) is 2.55. The van der Waals surface area contributed by atoms with Crippen LogP contribution in [0.2, 0.25) is 0 Å². The number of nitrogens with one attached hydrogen (secondary N) is 1. The Morgan fingerprint density at radius 2 is 2.19 bits per heavy atom. The van der Waals surface area contributed by atoms with Crippen molar-refractivity contribution in [2.75, 3.05) is 0 Å². The molecule has 0 unspecified atom stereocenters. The first-order chi connectivity index (χ1) is 10.3. The number of hydrogen-bond donors (Lipinski definition) is 1. The molecular formula is C16H18N4O. The third-order valence-corrected chi connectivity index (χ3v) is 3.91. The van der Waals surface area contributed by atoms with E-state index in [4.69, 9.17) is 4.52 Å². The van der Waals surface area contributed by atoms with Crippen molar-refractivity contribution >= 4 is 10.9 Å². The molecule has 1 aromatic carbocycles. The van der Waals surface area contributed by atoms with Gasteiger partial charge in [-0.15, -0.1) is 0 Å². The van der Waals surface area contributed by atoms with Gasteiger partial charge in [-0.1, -0.05) is 23.4 Å². The number of benzene rings is 1. The van der Waals surface area contributed by atoms with E-state index in [0.717, 1.165) is 12.4 Å². The maximum atomic E-state index is 5.06. The third kappa shape index (κ3) is 2.56. The summed E-state index contributed by atoms with van der Waals surface area (Å²) >= 11 is 0. The molecule has 2 aromatic heterocycles. The van der Waals surface area contributed by atoms with Crippen LogP contribution in [0.1, 0.15) is 30.1 Å². The normalized spacial score (nSPS) is 14.9. The van der Waals surface area contributed by atoms with Crippen molar-refractivity contribution in [1.29, 1.82) is 0 Å². The standard InChI is InChI=1S/C16H18N4O/c1-11-18-16(19-21-11)10-20-9-12(8-17-13-6-7-13)14-4-2-3-5-15(14)20/h2-5,9,13,17H,6-8,10H2,1H3. The number of rotatable bonds is 5. The second-order valence-electron chi connectivity index (χ2n) is 5.68. The molecule has 2 heterocycles. The molecular weight excluding hydrogens is 264 g/mol. The minimum Gasteiger partial charge on any atom is -0.340 e. The Labute approximate surface area is 123 Å². The van der Waals surface area contributed by atoms with Crippen LogP contribution in [0, 0.1) is 6.92 Å². The third-order valence-electron chi connectivity index (χ3n) is 3.91. The van der Waals surface area contributed by atoms with Gasteiger partial charge in [0, 0.05) is 36.6 Å². The Morgan fingerprint density at radius 1 is 1.33 bits per heavy atom. The Balaban J connectivity index is 1.66. The number of hydrogen-bond acceptors (Lipinski definition) is 4. The summed E-state index contributed by atoms with van der Waals surface area (Å²) in [6.45, 7) is 3.37. The molecule has 21 heavy (non-hydrogen) atoms. The molecule has 1 N–H and O–H groups in total. The summed E-state index contributed by atoms with van der Waals surface area (Å²) in [4.78, 5) is 4.29. The average Bonchev–Trinajstić information content (AvgIpc) is 3.15. The number of para-hydroxylation sites is 1. The van der Waals surface area contributed by atoms with Gasteiger partial charge in [-0.25, -0.2) is 0 Å². The predicted molar refractivity (Wildman–Crippen MR) is 79.9 cm³/mol. The van der Waals surface area contributed by atoms with Gasteiger partial charge in [-0.05, 0) is 24.5 Å². The van der Waals surface area contributed by atoms with Gasteiger partial charge in [0.25, 0.3) is 0 Å². The zero-order chi connectivity index (χ0) is 14.2. The largest absolute Gasteiger partial charge is 0.340 e. The van der Waals surface area contributed by atoms with Gasteiger partial charge in [0.05, 0.1) is 6.54 Å². The van der Waals surface area contributed by atoms with Crippen LogP contribution < -0.4 is 5.32 Å². The van der Waals surface area contributed by atoms with Gasteiger partial charge in [0.1, 0.15) is 0 Å². The first kappa shape index (κ1) is 12.6. The molecule has 0 saturated heterocycles. The summed E-state index contributed by atoms with van der Waals surface area (Å²) in [7, 11) is 0. The van der Waals surface area contributed by atoms with Gasteiger partial charge in [-0.2, -0.15) is 4.98 Å². The van der Waals surface area contributed by atoms with Crippen LogP contribution in [0.3, 0.4) is 0 Å². The molecule has 1 saturated carbocycles. The summed E-state index contributed by atoms with van der Waals surface area (Å²) in [5.74, 6) is 1.33. The first-order valence-electron chi connectivity index (χ1n) is 7.39. The molecule has 5 heteroatoms. The quantitative estimate of drug-likeness (QED) is 0.781. The van der Waals surface area contributed by atoms with E-state index in [2.05, 4.69) is 50.5 Å². The summed E-state index contributed by atoms with van der Waals surface area (Å²) in [6, 6.07) is 9.19. The lowest BCUT2D eigenvalue weighted by molar-refractivity contribution is 0.386. The van der Waals surface area contributed by atoms with Gasteiger partial charge in [0.15, 0.2) is 5.82 Å². The second-order valence-corrected chi connectivity index (χ2v) is 5.68. The highest BCUT2D eigenvalue weighted by Crippen LogP contribution is 2.24. The molecule has 5 nitrogen and oxygen atoms in total. The summed E-state index contributed by atoms with van der Waals surface area (Å²) in [5, 5.41) is 8.87. The average molecular weight is 282 g/mol. The maximum absolute atomic E-state index is 5.06. The van der Waals surface area contributed by atoms with Crippen LogP contribution in [-0.4, -0.2) is 20.7 Å². The Bertz CT molecular complexity index is 770. The summed E-state index contributed by atoms with van der Waals surface area (Å²) in [6.07, 6.45) is 4.81. The first-order valence-corrected chi connectivity index (χ1v) is 7.39. The number of aryl methyl sites for hydroxylation is 1. The van der Waals surface area contributed by atoms with E-state index in [0.29, 0.717) is 18.5 Å². The lowest BCUT2D eigenvalue weighted by Crippen LogP contribution is -2.14. The van der Waals surface area contributed by atoms with Crippen molar-refractivity contribution in [3.8, 4) is 0 Å². The SMILES string of the molecule is Cc1nc(Cn2cc(CNC3CC3)c3ccccc32)no1. The predicted octanol–water partition coefficient (Wildman–Crippen LogP) is 2.63. The van der Waals surface area contributed by atoms with Crippen LogP contribution >= 0.6 is 0 Å². The molecule has 0 atom stereocenters. The van der Waals surface area contributed by atoms with Crippen molar-refractivity contribution in [1.82, 2.24) is 20.0 Å². The Kier molecular flexibility index (Phi) is 3.00. The molecule has 3 aromatic rings. The molecule has 1 aliphatic carbocycles. The lowest BCUT2D eigenvalue weighted by Gasteiger charge is -2.00. The molecule has 0 bridgehead atoms. The fourth-order valence-corrected chi connectivity index (χ4v) is 2.69. The smallest absolute Gasteiger partial charge is 0.223 e. The van der Waals surface area contributed by atoms with Crippen LogP contribution in [0.25, 0.3) is 10.9 Å². The van der Waals surface area contributed by atoms with Crippen LogP contribution in [-0.2, 0) is 13.1 Å². The zero-order valence-electron chi connectivity index (χ0n) is 12.0. The van der Waals surface area contributed by atoms with E-state index in [9.17, 15) is 0 Å². The highest BCUT2D eigenvalue weighted by molar-refractivity contribution is 5.84. The fraction of sp³-hybridized carbons (Fsp3) is 0.375. The number of nitrogens with zero attached hydrogens (tertiary/aromatic N) is 3. The molecule has 108 valence electrons. The Hall–Kier alpha value is -2.14. The highest BCUT2D eigenvalue weighted by atomic mass is 16.5. The monoisotopic (exact) mass is 282 g/mol. The fourth-order valence-electron chi connectivity index (χ4n) is 2.69. The molecule has 0 radical (unpaired) electrons. The van der Waals surface area contributed by atoms with E-state index in [1.54, 1.807) is 0 Å². The van der Waals surface area contributed by atoms with Crippen molar-refractivity contribution < 1.29 is 4.52 Å². The van der Waals surface area contributed by atoms with Crippen molar-refractivity contribution in [3.05, 3.63) is 47.7 Å². The minimum atomic E-state index is 0.608. The topological polar surface area (TPSA) is 55.9 Å². The molecule has 0 spiro atoms. The van der Waals surface area contributed by atoms with Gasteiger partial charge in [0.2, 0.25) is 5.89 Å². The van der Waals surface area contributed by atoms with Crippen molar-refractivity contribution in [2.24, 2.45) is 0 Å². The van der Waals surface area contributed by atoms with E-state index >= 15 is 0 Å². The van der Waals surface area contributed by atoms with Crippen LogP contribution in [0.5, 0.6) is 0 Å². The maximum Gasteiger partial charge on any atom is 0.223 e. The minimum absolute atomic E-state index is 0.608. The van der Waals surface area contributed by atoms with Crippen molar-refractivity contribution in [2.45, 2.75) is 38.9 Å². The van der Waals surface area contributed by atoms with Gasteiger partial charge >= 0.3 is 0 Å². The van der Waals surface area contributed by atoms with Crippen LogP contribution in [0.4, 0.5) is 0 Å². The van der Waals surface area contributed by atoms with E-state index < -0.39 is 0 Å².